The second kappa shape index (κ2) is 3.18. The third-order valence-electron chi connectivity index (χ3n) is 1.26. The van der Waals surface area contributed by atoms with Crippen molar-refractivity contribution in [2.75, 3.05) is 0 Å². The van der Waals surface area contributed by atoms with E-state index in [0.717, 1.165) is 0 Å². The molecule has 0 radical (unpaired) electrons. The maximum Gasteiger partial charge on any atom is 0.0830 e. The number of aliphatic hydroxyl groups is 1. The Morgan fingerprint density at radius 3 is 1.89 bits per heavy atom. The first-order chi connectivity index (χ1) is 3.98. The molecule has 0 aliphatic carbocycles. The van der Waals surface area contributed by atoms with E-state index in [1.54, 1.807) is 0 Å². The van der Waals surface area contributed by atoms with Crippen molar-refractivity contribution in [2.24, 2.45) is 0 Å². The molecule has 9 heavy (non-hydrogen) atoms. The minimum atomic E-state index is -1.31. The molecule has 0 aromatic heterocycles. The highest BCUT2D eigenvalue weighted by atomic mass is 28.3. The zero-order chi connectivity index (χ0) is 7.49. The van der Waals surface area contributed by atoms with Gasteiger partial charge in [0.2, 0.25) is 0 Å². The highest BCUT2D eigenvalue weighted by Gasteiger charge is 2.21. The Bertz CT molecular complexity index is 102. The van der Waals surface area contributed by atoms with Gasteiger partial charge in [-0.05, 0) is 6.92 Å². The highest BCUT2D eigenvalue weighted by molar-refractivity contribution is 6.77. The van der Waals surface area contributed by atoms with Crippen LogP contribution in [0.15, 0.2) is 12.2 Å². The Morgan fingerprint density at radius 2 is 1.78 bits per heavy atom. The molecular weight excluding hydrogens is 128 g/mol. The van der Waals surface area contributed by atoms with Gasteiger partial charge in [-0.1, -0.05) is 31.8 Å². The Hall–Kier alpha value is -0.0831. The zero-order valence-electron chi connectivity index (χ0n) is 6.68. The second-order valence-electron chi connectivity index (χ2n) is 3.34. The molecule has 0 aromatic rings. The summed E-state index contributed by atoms with van der Waals surface area (Å²) in [6.45, 7) is 8.39. The molecule has 0 rings (SSSR count). The van der Waals surface area contributed by atoms with Crippen LogP contribution in [-0.2, 0) is 0 Å². The van der Waals surface area contributed by atoms with Crippen LogP contribution in [0.1, 0.15) is 6.92 Å². The summed E-state index contributed by atoms with van der Waals surface area (Å²) in [5.74, 6) is 0. The van der Waals surface area contributed by atoms with E-state index < -0.39 is 8.07 Å². The van der Waals surface area contributed by atoms with Crippen molar-refractivity contribution in [3.8, 4) is 0 Å². The molecule has 1 N–H and O–H groups in total. The van der Waals surface area contributed by atoms with E-state index in [4.69, 9.17) is 0 Å². The van der Waals surface area contributed by atoms with Gasteiger partial charge < -0.3 is 5.11 Å². The number of hydrogen-bond acceptors (Lipinski definition) is 1. The van der Waals surface area contributed by atoms with Crippen LogP contribution < -0.4 is 0 Å². The first kappa shape index (κ1) is 8.92. The average molecular weight is 144 g/mol. The number of allylic oxidation sites excluding steroid dienone is 1. The molecule has 0 fully saturated rings. The second-order valence-corrected chi connectivity index (χ2v) is 8.66. The average Bonchev–Trinajstić information content (AvgIpc) is 1.64. The Morgan fingerprint density at radius 1 is 1.33 bits per heavy atom. The van der Waals surface area contributed by atoms with Crippen LogP contribution in [-0.4, -0.2) is 18.9 Å². The van der Waals surface area contributed by atoms with Crippen molar-refractivity contribution in [3.63, 3.8) is 0 Å². The van der Waals surface area contributed by atoms with Crippen molar-refractivity contribution in [2.45, 2.75) is 32.3 Å². The van der Waals surface area contributed by atoms with Crippen LogP contribution >= 0.6 is 0 Å². The molecule has 0 aliphatic heterocycles. The van der Waals surface area contributed by atoms with Gasteiger partial charge >= 0.3 is 0 Å². The van der Waals surface area contributed by atoms with Crippen molar-refractivity contribution < 1.29 is 5.11 Å². The van der Waals surface area contributed by atoms with E-state index in [2.05, 4.69) is 19.6 Å². The largest absolute Gasteiger partial charge is 0.393 e. The van der Waals surface area contributed by atoms with Gasteiger partial charge in [0.05, 0.1) is 13.8 Å². The van der Waals surface area contributed by atoms with Crippen LogP contribution in [0.5, 0.6) is 0 Å². The standard InChI is InChI=1S/C7H16OSi/c1-5-6-7(8)9(2,3)4/h5-8H,1-4H3/b6-5+. The predicted molar refractivity (Wildman–Crippen MR) is 44.2 cm³/mol. The lowest BCUT2D eigenvalue weighted by Gasteiger charge is -2.19. The van der Waals surface area contributed by atoms with Crippen LogP contribution in [0.25, 0.3) is 0 Å². The molecule has 0 amide bonds. The first-order valence-electron chi connectivity index (χ1n) is 3.29. The van der Waals surface area contributed by atoms with Crippen molar-refractivity contribution in [1.29, 1.82) is 0 Å². The topological polar surface area (TPSA) is 20.2 Å². The fourth-order valence-electron chi connectivity index (χ4n) is 0.471. The maximum absolute atomic E-state index is 9.36. The van der Waals surface area contributed by atoms with E-state index >= 15 is 0 Å². The minimum absolute atomic E-state index is 0.178. The normalized spacial score (nSPS) is 16.6. The van der Waals surface area contributed by atoms with Gasteiger partial charge in [0.1, 0.15) is 0 Å². The quantitative estimate of drug-likeness (QED) is 0.463. The van der Waals surface area contributed by atoms with Crippen molar-refractivity contribution in [3.05, 3.63) is 12.2 Å². The van der Waals surface area contributed by atoms with Crippen LogP contribution in [0.4, 0.5) is 0 Å². The lowest BCUT2D eigenvalue weighted by Crippen LogP contribution is -2.36. The summed E-state index contributed by atoms with van der Waals surface area (Å²) in [5.41, 5.74) is -0.178. The van der Waals surface area contributed by atoms with Crippen LogP contribution in [0.2, 0.25) is 19.6 Å². The molecule has 0 bridgehead atoms. The van der Waals surface area contributed by atoms with E-state index in [-0.39, 0.29) is 5.73 Å². The number of hydrogen-bond donors (Lipinski definition) is 1. The molecular formula is C7H16OSi. The smallest absolute Gasteiger partial charge is 0.0830 e. The molecule has 0 aliphatic rings. The minimum Gasteiger partial charge on any atom is -0.393 e. The highest BCUT2D eigenvalue weighted by Crippen LogP contribution is 2.07. The predicted octanol–water partition coefficient (Wildman–Crippen LogP) is 1.80. The lowest BCUT2D eigenvalue weighted by molar-refractivity contribution is 0.291. The molecule has 0 heterocycles. The molecule has 2 heteroatoms. The Labute approximate surface area is 58.4 Å². The monoisotopic (exact) mass is 144 g/mol. The van der Waals surface area contributed by atoms with E-state index in [9.17, 15) is 5.11 Å². The molecule has 0 spiro atoms. The van der Waals surface area contributed by atoms with Gasteiger partial charge in [0.25, 0.3) is 0 Å². The summed E-state index contributed by atoms with van der Waals surface area (Å²) < 4.78 is 0. The third kappa shape index (κ3) is 3.49. The van der Waals surface area contributed by atoms with Gasteiger partial charge in [-0.3, -0.25) is 0 Å². The maximum atomic E-state index is 9.36. The molecule has 0 aromatic carbocycles. The summed E-state index contributed by atoms with van der Waals surface area (Å²) in [6, 6.07) is 0. The molecule has 54 valence electrons. The summed E-state index contributed by atoms with van der Waals surface area (Å²) in [5, 5.41) is 9.36. The lowest BCUT2D eigenvalue weighted by atomic mass is 10.5. The first-order valence-corrected chi connectivity index (χ1v) is 6.87. The van der Waals surface area contributed by atoms with Gasteiger partial charge in [-0.15, -0.1) is 0 Å². The third-order valence-corrected chi connectivity index (χ3v) is 3.23. The number of rotatable bonds is 2. The molecule has 1 nitrogen and oxygen atoms in total. The van der Waals surface area contributed by atoms with Gasteiger partial charge in [0.15, 0.2) is 0 Å². The van der Waals surface area contributed by atoms with Crippen molar-refractivity contribution in [1.82, 2.24) is 0 Å². The molecule has 0 saturated heterocycles. The Kier molecular flexibility index (Phi) is 3.15. The van der Waals surface area contributed by atoms with Gasteiger partial charge in [0, 0.05) is 0 Å². The molecule has 1 atom stereocenters. The summed E-state index contributed by atoms with van der Waals surface area (Å²) >= 11 is 0. The molecule has 1 unspecified atom stereocenters. The van der Waals surface area contributed by atoms with Crippen LogP contribution in [0.3, 0.4) is 0 Å². The summed E-state index contributed by atoms with van der Waals surface area (Å²) in [4.78, 5) is 0. The van der Waals surface area contributed by atoms with Gasteiger partial charge in [-0.25, -0.2) is 0 Å². The summed E-state index contributed by atoms with van der Waals surface area (Å²) in [7, 11) is -1.31. The summed E-state index contributed by atoms with van der Waals surface area (Å²) in [6.07, 6.45) is 3.77. The number of aliphatic hydroxyl groups excluding tert-OH is 1. The Balaban J connectivity index is 3.88. The van der Waals surface area contributed by atoms with E-state index in [1.807, 2.05) is 19.1 Å². The zero-order valence-corrected chi connectivity index (χ0v) is 7.68. The molecule has 0 saturated carbocycles. The fourth-order valence-corrected chi connectivity index (χ4v) is 1.24. The fraction of sp³-hybridized carbons (Fsp3) is 0.714. The van der Waals surface area contributed by atoms with E-state index in [0.29, 0.717) is 0 Å². The van der Waals surface area contributed by atoms with E-state index in [1.165, 1.54) is 0 Å². The van der Waals surface area contributed by atoms with Gasteiger partial charge in [-0.2, -0.15) is 0 Å². The van der Waals surface area contributed by atoms with Crippen molar-refractivity contribution >= 4 is 8.07 Å². The SMILES string of the molecule is C/C=C/C(O)[Si](C)(C)C. The van der Waals surface area contributed by atoms with Crippen LogP contribution in [0, 0.1) is 0 Å².